The lowest BCUT2D eigenvalue weighted by Gasteiger charge is -2.20. The second-order valence-corrected chi connectivity index (χ2v) is 4.69. The van der Waals surface area contributed by atoms with E-state index in [-0.39, 0.29) is 12.5 Å². The Bertz CT molecular complexity index is 469. The van der Waals surface area contributed by atoms with Gasteiger partial charge in [-0.15, -0.1) is 0 Å². The largest absolute Gasteiger partial charge is 0.480 e. The summed E-state index contributed by atoms with van der Waals surface area (Å²) in [5.74, 6) is -0.831. The summed E-state index contributed by atoms with van der Waals surface area (Å²) in [6, 6.07) is 5.18. The zero-order chi connectivity index (χ0) is 13.1. The molecule has 96 valence electrons. The number of carboxylic acid groups (broad SMARTS) is 1. The van der Waals surface area contributed by atoms with E-state index < -0.39 is 5.97 Å². The highest BCUT2D eigenvalue weighted by atomic mass is 16.4. The first-order valence-corrected chi connectivity index (χ1v) is 6.01. The highest BCUT2D eigenvalue weighted by Gasteiger charge is 2.28. The van der Waals surface area contributed by atoms with Gasteiger partial charge in [0, 0.05) is 12.2 Å². The molecule has 1 aromatic rings. The smallest absolute Gasteiger partial charge is 0.323 e. The molecule has 1 N–H and O–H groups in total. The number of nitrogens with zero attached hydrogens (tertiary/aromatic N) is 2. The van der Waals surface area contributed by atoms with Crippen LogP contribution >= 0.6 is 0 Å². The van der Waals surface area contributed by atoms with Gasteiger partial charge in [0.15, 0.2) is 0 Å². The van der Waals surface area contributed by atoms with Gasteiger partial charge in [-0.1, -0.05) is 6.07 Å². The fourth-order valence-electron chi connectivity index (χ4n) is 1.82. The van der Waals surface area contributed by atoms with E-state index in [1.807, 2.05) is 0 Å². The normalized spacial score (nSPS) is 14.3. The number of pyridine rings is 1. The molecule has 5 heteroatoms. The molecule has 5 nitrogen and oxygen atoms in total. The van der Waals surface area contributed by atoms with Crippen molar-refractivity contribution < 1.29 is 14.7 Å². The van der Waals surface area contributed by atoms with Gasteiger partial charge in [-0.05, 0) is 37.8 Å². The molecule has 1 aliphatic carbocycles. The SMILES string of the molecule is Cc1cccc(C(=O)N(CC(=O)O)CC2CC2)n1. The number of aromatic nitrogens is 1. The zero-order valence-corrected chi connectivity index (χ0v) is 10.3. The molecule has 1 heterocycles. The van der Waals surface area contributed by atoms with Gasteiger partial charge in [0.1, 0.15) is 12.2 Å². The number of amides is 1. The number of carbonyl (C=O) groups is 2. The van der Waals surface area contributed by atoms with Gasteiger partial charge >= 0.3 is 5.97 Å². The molecule has 0 atom stereocenters. The molecule has 1 amide bonds. The van der Waals surface area contributed by atoms with Crippen molar-refractivity contribution in [3.8, 4) is 0 Å². The molecule has 1 fully saturated rings. The Morgan fingerprint density at radius 3 is 2.72 bits per heavy atom. The van der Waals surface area contributed by atoms with Gasteiger partial charge in [-0.3, -0.25) is 9.59 Å². The molecule has 0 bridgehead atoms. The van der Waals surface area contributed by atoms with Crippen molar-refractivity contribution in [1.29, 1.82) is 0 Å². The summed E-state index contributed by atoms with van der Waals surface area (Å²) in [6.45, 7) is 2.06. The summed E-state index contributed by atoms with van der Waals surface area (Å²) in [7, 11) is 0. The molecule has 1 aromatic heterocycles. The van der Waals surface area contributed by atoms with E-state index in [1.165, 1.54) is 4.90 Å². The third-order valence-corrected chi connectivity index (χ3v) is 2.90. The maximum absolute atomic E-state index is 12.2. The topological polar surface area (TPSA) is 70.5 Å². The van der Waals surface area contributed by atoms with Crippen molar-refractivity contribution in [3.63, 3.8) is 0 Å². The fraction of sp³-hybridized carbons (Fsp3) is 0.462. The highest BCUT2D eigenvalue weighted by molar-refractivity contribution is 5.94. The minimum atomic E-state index is -0.989. The molecule has 0 aliphatic heterocycles. The average molecular weight is 248 g/mol. The van der Waals surface area contributed by atoms with Crippen molar-refractivity contribution in [1.82, 2.24) is 9.88 Å². The van der Waals surface area contributed by atoms with E-state index in [2.05, 4.69) is 4.98 Å². The van der Waals surface area contributed by atoms with Crippen LogP contribution in [0.5, 0.6) is 0 Å². The first kappa shape index (κ1) is 12.5. The van der Waals surface area contributed by atoms with E-state index in [0.717, 1.165) is 18.5 Å². The number of aryl methyl sites for hydroxylation is 1. The van der Waals surface area contributed by atoms with Crippen molar-refractivity contribution in [2.75, 3.05) is 13.1 Å². The number of hydrogen-bond donors (Lipinski definition) is 1. The van der Waals surface area contributed by atoms with Gasteiger partial charge < -0.3 is 10.0 Å². The van der Waals surface area contributed by atoms with Crippen molar-refractivity contribution in [2.45, 2.75) is 19.8 Å². The lowest BCUT2D eigenvalue weighted by molar-refractivity contribution is -0.137. The van der Waals surface area contributed by atoms with E-state index in [0.29, 0.717) is 18.2 Å². The predicted octanol–water partition coefficient (Wildman–Crippen LogP) is 1.33. The predicted molar refractivity (Wildman–Crippen MR) is 65.2 cm³/mol. The minimum Gasteiger partial charge on any atom is -0.480 e. The Morgan fingerprint density at radius 2 is 2.17 bits per heavy atom. The van der Waals surface area contributed by atoms with E-state index >= 15 is 0 Å². The number of carboxylic acids is 1. The Kier molecular flexibility index (Phi) is 3.60. The van der Waals surface area contributed by atoms with Gasteiger partial charge in [-0.2, -0.15) is 0 Å². The van der Waals surface area contributed by atoms with Crippen LogP contribution in [-0.4, -0.2) is 40.0 Å². The Morgan fingerprint density at radius 1 is 1.44 bits per heavy atom. The van der Waals surface area contributed by atoms with Crippen LogP contribution in [0.3, 0.4) is 0 Å². The standard InChI is InChI=1S/C13H16N2O3/c1-9-3-2-4-11(14-9)13(18)15(8-12(16)17)7-10-5-6-10/h2-4,10H,5-8H2,1H3,(H,16,17). The summed E-state index contributed by atoms with van der Waals surface area (Å²) < 4.78 is 0. The third-order valence-electron chi connectivity index (χ3n) is 2.90. The van der Waals surface area contributed by atoms with Crippen LogP contribution in [-0.2, 0) is 4.79 Å². The molecule has 18 heavy (non-hydrogen) atoms. The molecule has 0 spiro atoms. The molecule has 0 saturated heterocycles. The number of rotatable bonds is 5. The molecule has 1 saturated carbocycles. The van der Waals surface area contributed by atoms with Crippen LogP contribution in [0.25, 0.3) is 0 Å². The third kappa shape index (κ3) is 3.29. The molecule has 0 radical (unpaired) electrons. The second kappa shape index (κ2) is 5.16. The molecule has 0 aromatic carbocycles. The van der Waals surface area contributed by atoms with Crippen molar-refractivity contribution in [2.24, 2.45) is 5.92 Å². The van der Waals surface area contributed by atoms with Gasteiger partial charge in [0.05, 0.1) is 0 Å². The van der Waals surface area contributed by atoms with Gasteiger partial charge in [-0.25, -0.2) is 4.98 Å². The van der Waals surface area contributed by atoms with Crippen molar-refractivity contribution >= 4 is 11.9 Å². The molecule has 0 unspecified atom stereocenters. The summed E-state index contributed by atoms with van der Waals surface area (Å²) in [4.78, 5) is 28.5. The Balaban J connectivity index is 2.12. The maximum Gasteiger partial charge on any atom is 0.323 e. The first-order chi connectivity index (χ1) is 8.56. The number of hydrogen-bond acceptors (Lipinski definition) is 3. The number of aliphatic carboxylic acids is 1. The molecular weight excluding hydrogens is 232 g/mol. The molecular formula is C13H16N2O3. The van der Waals surface area contributed by atoms with E-state index in [9.17, 15) is 9.59 Å². The monoisotopic (exact) mass is 248 g/mol. The zero-order valence-electron chi connectivity index (χ0n) is 10.3. The lowest BCUT2D eigenvalue weighted by Crippen LogP contribution is -2.37. The van der Waals surface area contributed by atoms with Crippen LogP contribution in [0.15, 0.2) is 18.2 Å². The number of carbonyl (C=O) groups excluding carboxylic acids is 1. The Labute approximate surface area is 105 Å². The summed E-state index contributed by atoms with van der Waals surface area (Å²) in [5.41, 5.74) is 1.07. The molecule has 1 aliphatic rings. The van der Waals surface area contributed by atoms with Crippen LogP contribution in [0.2, 0.25) is 0 Å². The van der Waals surface area contributed by atoms with E-state index in [4.69, 9.17) is 5.11 Å². The maximum atomic E-state index is 12.2. The quantitative estimate of drug-likeness (QED) is 0.853. The first-order valence-electron chi connectivity index (χ1n) is 6.01. The second-order valence-electron chi connectivity index (χ2n) is 4.69. The summed E-state index contributed by atoms with van der Waals surface area (Å²) >= 11 is 0. The average Bonchev–Trinajstić information content (AvgIpc) is 3.10. The highest BCUT2D eigenvalue weighted by Crippen LogP contribution is 2.30. The fourth-order valence-corrected chi connectivity index (χ4v) is 1.82. The van der Waals surface area contributed by atoms with Gasteiger partial charge in [0.25, 0.3) is 5.91 Å². The van der Waals surface area contributed by atoms with Crippen LogP contribution in [0.4, 0.5) is 0 Å². The lowest BCUT2D eigenvalue weighted by atomic mass is 10.2. The van der Waals surface area contributed by atoms with Crippen LogP contribution in [0, 0.1) is 12.8 Å². The summed E-state index contributed by atoms with van der Waals surface area (Å²) in [5, 5.41) is 8.85. The molecule has 2 rings (SSSR count). The Hall–Kier alpha value is -1.91. The van der Waals surface area contributed by atoms with Crippen LogP contribution < -0.4 is 0 Å². The van der Waals surface area contributed by atoms with E-state index in [1.54, 1.807) is 25.1 Å². The summed E-state index contributed by atoms with van der Waals surface area (Å²) in [6.07, 6.45) is 2.15. The van der Waals surface area contributed by atoms with Crippen molar-refractivity contribution in [3.05, 3.63) is 29.6 Å². The van der Waals surface area contributed by atoms with Crippen LogP contribution in [0.1, 0.15) is 29.0 Å². The minimum absolute atomic E-state index is 0.259. The van der Waals surface area contributed by atoms with Gasteiger partial charge in [0.2, 0.25) is 0 Å².